The van der Waals surface area contributed by atoms with Crippen LogP contribution in [-0.2, 0) is 28.6 Å². The molecule has 0 aliphatic carbocycles. The van der Waals surface area contributed by atoms with E-state index in [1.54, 1.807) is 0 Å². The third-order valence-corrected chi connectivity index (χ3v) is 15.0. The highest BCUT2D eigenvalue weighted by Gasteiger charge is 2.19. The molecule has 0 aliphatic rings. The van der Waals surface area contributed by atoms with Crippen molar-refractivity contribution >= 4 is 17.9 Å². The molecule has 1 unspecified atom stereocenters. The minimum Gasteiger partial charge on any atom is -0.462 e. The summed E-state index contributed by atoms with van der Waals surface area (Å²) in [6.07, 6.45) is 83.9. The second kappa shape index (κ2) is 65.6. The molecule has 0 rings (SSSR count). The molecule has 0 bridgehead atoms. The molecular weight excluding hydrogens is 949 g/mol. The van der Waals surface area contributed by atoms with E-state index in [4.69, 9.17) is 14.2 Å². The van der Waals surface area contributed by atoms with Gasteiger partial charge in [0.05, 0.1) is 0 Å². The fourth-order valence-corrected chi connectivity index (χ4v) is 9.89. The first-order valence-electron chi connectivity index (χ1n) is 33.8. The van der Waals surface area contributed by atoms with Crippen LogP contribution in [0.25, 0.3) is 0 Å². The lowest BCUT2D eigenvalue weighted by atomic mass is 10.0. The number of hydrogen-bond acceptors (Lipinski definition) is 6. The first-order valence-corrected chi connectivity index (χ1v) is 33.8. The summed E-state index contributed by atoms with van der Waals surface area (Å²) in [5.74, 6) is -0.869. The Morgan fingerprint density at radius 1 is 0.260 bits per heavy atom. The van der Waals surface area contributed by atoms with Gasteiger partial charge in [-0.1, -0.05) is 306 Å². The van der Waals surface area contributed by atoms with Gasteiger partial charge in [-0.3, -0.25) is 14.4 Å². The van der Waals surface area contributed by atoms with Crippen molar-refractivity contribution in [2.75, 3.05) is 13.2 Å². The van der Waals surface area contributed by atoms with Gasteiger partial charge < -0.3 is 14.2 Å². The van der Waals surface area contributed by atoms with E-state index in [0.29, 0.717) is 19.3 Å². The van der Waals surface area contributed by atoms with Gasteiger partial charge in [0.1, 0.15) is 13.2 Å². The smallest absolute Gasteiger partial charge is 0.306 e. The van der Waals surface area contributed by atoms with Crippen molar-refractivity contribution in [1.82, 2.24) is 0 Å². The number of carbonyl (C=O) groups is 3. The summed E-state index contributed by atoms with van der Waals surface area (Å²) < 4.78 is 16.9. The minimum absolute atomic E-state index is 0.0754. The summed E-state index contributed by atoms with van der Waals surface area (Å²) in [5, 5.41) is 0. The maximum absolute atomic E-state index is 12.9. The Morgan fingerprint density at radius 3 is 0.753 bits per heavy atom. The summed E-state index contributed by atoms with van der Waals surface area (Å²) in [6.45, 7) is 6.63. The molecule has 1 atom stereocenters. The number of rotatable bonds is 62. The quantitative estimate of drug-likeness (QED) is 0.0261. The zero-order valence-corrected chi connectivity index (χ0v) is 51.5. The van der Waals surface area contributed by atoms with Gasteiger partial charge in [0.2, 0.25) is 0 Å². The zero-order valence-electron chi connectivity index (χ0n) is 51.5. The Labute approximate surface area is 479 Å². The second-order valence-electron chi connectivity index (χ2n) is 22.7. The third kappa shape index (κ3) is 63.8. The van der Waals surface area contributed by atoms with Crippen LogP contribution in [0.4, 0.5) is 0 Å². The number of esters is 3. The van der Waals surface area contributed by atoms with Crippen LogP contribution in [0.15, 0.2) is 60.8 Å². The van der Waals surface area contributed by atoms with Gasteiger partial charge in [-0.05, 0) is 89.9 Å². The van der Waals surface area contributed by atoms with Crippen LogP contribution in [0, 0.1) is 0 Å². The Hall–Kier alpha value is -2.89. The molecule has 6 heteroatoms. The summed E-state index contributed by atoms with van der Waals surface area (Å²) in [6, 6.07) is 0. The van der Waals surface area contributed by atoms with Crippen LogP contribution >= 0.6 is 0 Å². The van der Waals surface area contributed by atoms with E-state index in [1.165, 1.54) is 231 Å². The first-order chi connectivity index (χ1) is 38.0. The van der Waals surface area contributed by atoms with Crippen molar-refractivity contribution in [3.63, 3.8) is 0 Å². The van der Waals surface area contributed by atoms with Crippen molar-refractivity contribution < 1.29 is 28.6 Å². The van der Waals surface area contributed by atoms with Crippen molar-refractivity contribution in [3.8, 4) is 0 Å². The van der Waals surface area contributed by atoms with Crippen molar-refractivity contribution in [3.05, 3.63) is 60.8 Å². The molecular formula is C71H128O6. The largest absolute Gasteiger partial charge is 0.462 e. The van der Waals surface area contributed by atoms with Gasteiger partial charge in [0, 0.05) is 19.3 Å². The molecule has 6 nitrogen and oxygen atoms in total. The SMILES string of the molecule is CCCCC/C=C\C/C=C\C/C=C\CCCCCCCCC(=O)OC(COC(=O)CCCCCCCCCCCCC)COC(=O)CCCCCCCCCCCCCCCCCCC/C=C\C/C=C\CCCCCCC. The molecule has 0 N–H and O–H groups in total. The molecule has 0 aromatic rings. The number of carbonyl (C=O) groups excluding carboxylic acids is 3. The molecule has 448 valence electrons. The van der Waals surface area contributed by atoms with Crippen LogP contribution in [0.1, 0.15) is 355 Å². The van der Waals surface area contributed by atoms with E-state index in [9.17, 15) is 14.4 Å². The van der Waals surface area contributed by atoms with Crippen LogP contribution in [0.5, 0.6) is 0 Å². The highest BCUT2D eigenvalue weighted by molar-refractivity contribution is 5.71. The van der Waals surface area contributed by atoms with Gasteiger partial charge in [-0.15, -0.1) is 0 Å². The van der Waals surface area contributed by atoms with Gasteiger partial charge in [-0.25, -0.2) is 0 Å². The number of ether oxygens (including phenoxy) is 3. The summed E-state index contributed by atoms with van der Waals surface area (Å²) in [7, 11) is 0. The van der Waals surface area contributed by atoms with E-state index >= 15 is 0 Å². The summed E-state index contributed by atoms with van der Waals surface area (Å²) >= 11 is 0. The van der Waals surface area contributed by atoms with Crippen molar-refractivity contribution in [2.24, 2.45) is 0 Å². The second-order valence-corrected chi connectivity index (χ2v) is 22.7. The van der Waals surface area contributed by atoms with Gasteiger partial charge in [0.15, 0.2) is 6.10 Å². The Morgan fingerprint density at radius 2 is 0.468 bits per heavy atom. The van der Waals surface area contributed by atoms with Gasteiger partial charge in [-0.2, -0.15) is 0 Å². The monoisotopic (exact) mass is 1080 g/mol. The highest BCUT2D eigenvalue weighted by atomic mass is 16.6. The molecule has 0 heterocycles. The molecule has 0 aromatic heterocycles. The van der Waals surface area contributed by atoms with Crippen LogP contribution in [0.3, 0.4) is 0 Å². The number of unbranched alkanes of at least 4 members (excludes halogenated alkanes) is 41. The lowest BCUT2D eigenvalue weighted by Crippen LogP contribution is -2.30. The predicted molar refractivity (Wildman–Crippen MR) is 335 cm³/mol. The standard InChI is InChI=1S/C71H128O6/c1-4-7-10-13-16-19-22-24-26-28-30-31-32-33-34-35-36-37-38-39-41-42-44-46-49-52-55-58-61-64-70(73)76-67-68(66-75-69(72)63-60-57-54-51-48-21-18-15-12-9-6-3)77-71(74)65-62-59-56-53-50-47-45-43-40-29-27-25-23-20-17-14-11-8-5-2/h17,20,22,24-25,27-28,30,40,43,68H,4-16,18-19,21,23,26,29,31-39,41-42,44-67H2,1-3H3/b20-17-,24-22-,27-25-,30-28-,43-40-. The Kier molecular flexibility index (Phi) is 63.2. The molecule has 0 aromatic carbocycles. The lowest BCUT2D eigenvalue weighted by Gasteiger charge is -2.18. The molecule has 0 fully saturated rings. The van der Waals surface area contributed by atoms with Gasteiger partial charge >= 0.3 is 17.9 Å². The first kappa shape index (κ1) is 74.1. The topological polar surface area (TPSA) is 78.9 Å². The van der Waals surface area contributed by atoms with Crippen LogP contribution in [-0.4, -0.2) is 37.2 Å². The summed E-state index contributed by atoms with van der Waals surface area (Å²) in [5.41, 5.74) is 0. The Balaban J connectivity index is 4.19. The molecule has 0 radical (unpaired) electrons. The normalized spacial score (nSPS) is 12.4. The van der Waals surface area contributed by atoms with Crippen molar-refractivity contribution in [1.29, 1.82) is 0 Å². The fraction of sp³-hybridized carbons (Fsp3) is 0.817. The highest BCUT2D eigenvalue weighted by Crippen LogP contribution is 2.17. The van der Waals surface area contributed by atoms with Crippen molar-refractivity contribution in [2.45, 2.75) is 361 Å². The predicted octanol–water partition coefficient (Wildman–Crippen LogP) is 23.1. The maximum atomic E-state index is 12.9. The third-order valence-electron chi connectivity index (χ3n) is 15.0. The number of hydrogen-bond donors (Lipinski definition) is 0. The molecule has 0 saturated heterocycles. The fourth-order valence-electron chi connectivity index (χ4n) is 9.89. The van der Waals surface area contributed by atoms with E-state index < -0.39 is 6.10 Å². The Bertz CT molecular complexity index is 1380. The number of allylic oxidation sites excluding steroid dienone is 10. The molecule has 0 saturated carbocycles. The molecule has 0 aliphatic heterocycles. The average molecular weight is 1080 g/mol. The average Bonchev–Trinajstić information content (AvgIpc) is 3.43. The maximum Gasteiger partial charge on any atom is 0.306 e. The molecule has 77 heavy (non-hydrogen) atoms. The molecule has 0 spiro atoms. The lowest BCUT2D eigenvalue weighted by molar-refractivity contribution is -0.167. The minimum atomic E-state index is -0.779. The summed E-state index contributed by atoms with van der Waals surface area (Å²) in [4.78, 5) is 38.3. The van der Waals surface area contributed by atoms with E-state index in [1.807, 2.05) is 0 Å². The molecule has 0 amide bonds. The van der Waals surface area contributed by atoms with E-state index in [0.717, 1.165) is 83.5 Å². The van der Waals surface area contributed by atoms with Crippen LogP contribution < -0.4 is 0 Å². The van der Waals surface area contributed by atoms with E-state index in [-0.39, 0.29) is 31.1 Å². The van der Waals surface area contributed by atoms with Crippen LogP contribution in [0.2, 0.25) is 0 Å². The van der Waals surface area contributed by atoms with Gasteiger partial charge in [0.25, 0.3) is 0 Å². The van der Waals surface area contributed by atoms with E-state index in [2.05, 4.69) is 81.5 Å². The zero-order chi connectivity index (χ0) is 55.7.